The van der Waals surface area contributed by atoms with E-state index in [0.29, 0.717) is 11.5 Å². The highest BCUT2D eigenvalue weighted by Crippen LogP contribution is 2.37. The SMILES string of the molecule is Cc1cc(-c2ccc3oc([C@@H]4CCCN4C(=O)C4CCCC4)nc3c2)ccc1F. The number of amides is 1. The van der Waals surface area contributed by atoms with Gasteiger partial charge in [0.25, 0.3) is 0 Å². The van der Waals surface area contributed by atoms with E-state index in [1.54, 1.807) is 13.0 Å². The Hall–Kier alpha value is -2.69. The van der Waals surface area contributed by atoms with Gasteiger partial charge in [-0.25, -0.2) is 9.37 Å². The van der Waals surface area contributed by atoms with Gasteiger partial charge in [-0.05, 0) is 73.6 Å². The summed E-state index contributed by atoms with van der Waals surface area (Å²) in [7, 11) is 0. The molecule has 4 nitrogen and oxygen atoms in total. The van der Waals surface area contributed by atoms with E-state index in [4.69, 9.17) is 9.40 Å². The third-order valence-corrected chi connectivity index (χ3v) is 6.42. The molecule has 2 aliphatic rings. The van der Waals surface area contributed by atoms with Gasteiger partial charge in [0.15, 0.2) is 5.58 Å². The molecule has 1 aliphatic heterocycles. The Kier molecular flexibility index (Phi) is 4.61. The lowest BCUT2D eigenvalue weighted by atomic mass is 10.0. The van der Waals surface area contributed by atoms with Crippen molar-refractivity contribution >= 4 is 17.0 Å². The van der Waals surface area contributed by atoms with E-state index < -0.39 is 0 Å². The summed E-state index contributed by atoms with van der Waals surface area (Å²) >= 11 is 0. The molecule has 5 rings (SSSR count). The third-order valence-electron chi connectivity index (χ3n) is 6.42. The molecule has 1 aromatic heterocycles. The molecule has 2 aromatic carbocycles. The summed E-state index contributed by atoms with van der Waals surface area (Å²) in [6.07, 6.45) is 6.22. The van der Waals surface area contributed by atoms with Crippen LogP contribution in [0.2, 0.25) is 0 Å². The second-order valence-electron chi connectivity index (χ2n) is 8.37. The minimum Gasteiger partial charge on any atom is -0.438 e. The van der Waals surface area contributed by atoms with Crippen LogP contribution in [0.1, 0.15) is 56.0 Å². The molecule has 0 spiro atoms. The van der Waals surface area contributed by atoms with Gasteiger partial charge in [0.1, 0.15) is 17.4 Å². The van der Waals surface area contributed by atoms with Crippen molar-refractivity contribution in [2.45, 2.75) is 51.5 Å². The van der Waals surface area contributed by atoms with Crippen LogP contribution in [-0.4, -0.2) is 22.3 Å². The van der Waals surface area contributed by atoms with Crippen LogP contribution in [-0.2, 0) is 4.79 Å². The Labute approximate surface area is 169 Å². The molecule has 0 bridgehead atoms. The molecule has 2 heterocycles. The van der Waals surface area contributed by atoms with Gasteiger partial charge in [0.05, 0.1) is 0 Å². The second kappa shape index (κ2) is 7.29. The van der Waals surface area contributed by atoms with E-state index in [0.717, 1.165) is 67.3 Å². The minimum absolute atomic E-state index is 0.0629. The first kappa shape index (κ1) is 18.3. The van der Waals surface area contributed by atoms with Crippen molar-refractivity contribution in [3.63, 3.8) is 0 Å². The summed E-state index contributed by atoms with van der Waals surface area (Å²) in [6, 6.07) is 10.9. The number of hydrogen-bond acceptors (Lipinski definition) is 3. The zero-order valence-electron chi connectivity index (χ0n) is 16.7. The van der Waals surface area contributed by atoms with Crippen LogP contribution in [0, 0.1) is 18.7 Å². The zero-order valence-corrected chi connectivity index (χ0v) is 16.7. The summed E-state index contributed by atoms with van der Waals surface area (Å²) in [4.78, 5) is 19.7. The molecule has 1 amide bonds. The molecule has 1 saturated heterocycles. The summed E-state index contributed by atoms with van der Waals surface area (Å²) in [5.74, 6) is 0.881. The van der Waals surface area contributed by atoms with Gasteiger partial charge in [-0.3, -0.25) is 4.79 Å². The Morgan fingerprint density at radius 2 is 1.83 bits per heavy atom. The van der Waals surface area contributed by atoms with Gasteiger partial charge in [-0.2, -0.15) is 0 Å². The van der Waals surface area contributed by atoms with E-state index in [9.17, 15) is 9.18 Å². The number of aryl methyl sites for hydroxylation is 1. The van der Waals surface area contributed by atoms with Crippen LogP contribution < -0.4 is 0 Å². The van der Waals surface area contributed by atoms with E-state index in [1.807, 2.05) is 29.2 Å². The number of aromatic nitrogens is 1. The minimum atomic E-state index is -0.202. The molecule has 1 aliphatic carbocycles. The van der Waals surface area contributed by atoms with Gasteiger partial charge in [-0.1, -0.05) is 25.0 Å². The lowest BCUT2D eigenvalue weighted by molar-refractivity contribution is -0.136. The standard InChI is InChI=1S/C24H25FN2O2/c1-15-13-17(8-10-19(15)25)18-9-11-22-20(14-18)26-23(29-22)21-7-4-12-27(21)24(28)16-5-2-3-6-16/h8-11,13-14,16,21H,2-7,12H2,1H3/t21-/m0/s1. The lowest BCUT2D eigenvalue weighted by Crippen LogP contribution is -2.34. The lowest BCUT2D eigenvalue weighted by Gasteiger charge is -2.25. The normalized spacial score (nSPS) is 20.1. The predicted molar refractivity (Wildman–Crippen MR) is 110 cm³/mol. The maximum atomic E-state index is 13.6. The van der Waals surface area contributed by atoms with Crippen LogP contribution in [0.25, 0.3) is 22.2 Å². The number of carbonyl (C=O) groups excluding carboxylic acids is 1. The number of halogens is 1. The van der Waals surface area contributed by atoms with Gasteiger partial charge in [-0.15, -0.1) is 0 Å². The van der Waals surface area contributed by atoms with Gasteiger partial charge in [0.2, 0.25) is 11.8 Å². The highest BCUT2D eigenvalue weighted by Gasteiger charge is 2.37. The topological polar surface area (TPSA) is 46.3 Å². The van der Waals surface area contributed by atoms with Crippen molar-refractivity contribution in [3.05, 3.63) is 53.7 Å². The number of hydrogen-bond donors (Lipinski definition) is 0. The van der Waals surface area contributed by atoms with Gasteiger partial charge >= 0.3 is 0 Å². The average Bonchev–Trinajstić information content (AvgIpc) is 3.48. The smallest absolute Gasteiger partial charge is 0.226 e. The van der Waals surface area contributed by atoms with Gasteiger partial charge in [0, 0.05) is 12.5 Å². The maximum Gasteiger partial charge on any atom is 0.226 e. The van der Waals surface area contributed by atoms with Crippen LogP contribution in [0.3, 0.4) is 0 Å². The first-order valence-corrected chi connectivity index (χ1v) is 10.6. The number of benzene rings is 2. The molecule has 0 N–H and O–H groups in total. The summed E-state index contributed by atoms with van der Waals surface area (Å²) in [6.45, 7) is 2.56. The first-order valence-electron chi connectivity index (χ1n) is 10.6. The molecule has 0 unspecified atom stereocenters. The van der Waals surface area contributed by atoms with Crippen molar-refractivity contribution in [2.75, 3.05) is 6.54 Å². The molecule has 5 heteroatoms. The number of fused-ring (bicyclic) bond motifs is 1. The molecule has 29 heavy (non-hydrogen) atoms. The first-order chi connectivity index (χ1) is 14.1. The Morgan fingerprint density at radius 3 is 2.62 bits per heavy atom. The van der Waals surface area contributed by atoms with Crippen molar-refractivity contribution in [1.82, 2.24) is 9.88 Å². The maximum absolute atomic E-state index is 13.6. The summed E-state index contributed by atoms with van der Waals surface area (Å²) < 4.78 is 19.7. The van der Waals surface area contributed by atoms with Crippen LogP contribution in [0.15, 0.2) is 40.8 Å². The molecule has 3 aromatic rings. The van der Waals surface area contributed by atoms with E-state index in [1.165, 1.54) is 6.07 Å². The van der Waals surface area contributed by atoms with Crippen LogP contribution >= 0.6 is 0 Å². The molecular weight excluding hydrogens is 367 g/mol. The number of rotatable bonds is 3. The Balaban J connectivity index is 1.45. The van der Waals surface area contributed by atoms with Crippen molar-refractivity contribution < 1.29 is 13.6 Å². The van der Waals surface area contributed by atoms with Crippen molar-refractivity contribution in [1.29, 1.82) is 0 Å². The number of nitrogens with zero attached hydrogens (tertiary/aromatic N) is 2. The Morgan fingerprint density at radius 1 is 1.07 bits per heavy atom. The molecule has 0 radical (unpaired) electrons. The highest BCUT2D eigenvalue weighted by molar-refractivity contribution is 5.82. The van der Waals surface area contributed by atoms with Crippen LogP contribution in [0.5, 0.6) is 0 Å². The number of likely N-dealkylation sites (tertiary alicyclic amines) is 1. The van der Waals surface area contributed by atoms with E-state index in [-0.39, 0.29) is 23.7 Å². The predicted octanol–water partition coefficient (Wildman–Crippen LogP) is 5.80. The van der Waals surface area contributed by atoms with Gasteiger partial charge < -0.3 is 9.32 Å². The fraction of sp³-hybridized carbons (Fsp3) is 0.417. The number of oxazole rings is 1. The quantitative estimate of drug-likeness (QED) is 0.566. The fourth-order valence-corrected chi connectivity index (χ4v) is 4.79. The highest BCUT2D eigenvalue weighted by atomic mass is 19.1. The zero-order chi connectivity index (χ0) is 20.0. The van der Waals surface area contributed by atoms with Crippen LogP contribution in [0.4, 0.5) is 4.39 Å². The number of carbonyl (C=O) groups is 1. The van der Waals surface area contributed by atoms with Crippen molar-refractivity contribution in [2.24, 2.45) is 5.92 Å². The molecule has 1 atom stereocenters. The molecule has 1 saturated carbocycles. The van der Waals surface area contributed by atoms with E-state index >= 15 is 0 Å². The van der Waals surface area contributed by atoms with E-state index in [2.05, 4.69) is 0 Å². The van der Waals surface area contributed by atoms with Crippen molar-refractivity contribution in [3.8, 4) is 11.1 Å². The monoisotopic (exact) mass is 392 g/mol. The molecular formula is C24H25FN2O2. The molecule has 150 valence electrons. The largest absolute Gasteiger partial charge is 0.438 e. The Bertz CT molecular complexity index is 1070. The summed E-state index contributed by atoms with van der Waals surface area (Å²) in [5.41, 5.74) is 4.05. The fourth-order valence-electron chi connectivity index (χ4n) is 4.79. The average molecular weight is 392 g/mol. The third kappa shape index (κ3) is 3.33. The second-order valence-corrected chi connectivity index (χ2v) is 8.37. The molecule has 2 fully saturated rings. The summed E-state index contributed by atoms with van der Waals surface area (Å²) in [5, 5.41) is 0.